The maximum absolute atomic E-state index is 11.1. The fraction of sp³-hybridized carbons (Fsp3) is 0.889. The molecule has 0 aromatic heterocycles. The van der Waals surface area contributed by atoms with E-state index in [0.717, 1.165) is 25.4 Å². The average Bonchev–Trinajstić information content (AvgIpc) is 2.85. The second kappa shape index (κ2) is 2.94. The minimum absolute atomic E-state index is 0.325. The summed E-state index contributed by atoms with van der Waals surface area (Å²) >= 11 is 0. The van der Waals surface area contributed by atoms with Crippen LogP contribution in [0, 0.1) is 11.8 Å². The molecule has 2 fully saturated rings. The van der Waals surface area contributed by atoms with E-state index in [1.807, 2.05) is 0 Å². The Hall–Kier alpha value is -0.370. The summed E-state index contributed by atoms with van der Waals surface area (Å²) in [5, 5.41) is 0. The van der Waals surface area contributed by atoms with Crippen molar-refractivity contribution in [1.82, 2.24) is 0 Å². The first kappa shape index (κ1) is 7.29. The van der Waals surface area contributed by atoms with E-state index in [1.165, 1.54) is 12.8 Å². The molecule has 0 saturated heterocycles. The Kier molecular flexibility index (Phi) is 1.95. The van der Waals surface area contributed by atoms with Crippen molar-refractivity contribution < 1.29 is 9.53 Å². The fourth-order valence-electron chi connectivity index (χ4n) is 1.13. The minimum Gasteiger partial charge on any atom is -0.373 e. The third kappa shape index (κ3) is 2.29. The van der Waals surface area contributed by atoms with Gasteiger partial charge in [-0.15, -0.1) is 0 Å². The van der Waals surface area contributed by atoms with Gasteiger partial charge in [-0.3, -0.25) is 4.79 Å². The molecule has 62 valence electrons. The molecule has 0 amide bonds. The summed E-state index contributed by atoms with van der Waals surface area (Å²) in [4.78, 5) is 11.1. The Balaban J connectivity index is 1.53. The average molecular weight is 154 g/mol. The summed E-state index contributed by atoms with van der Waals surface area (Å²) in [5.74, 6) is 1.47. The summed E-state index contributed by atoms with van der Waals surface area (Å²) in [7, 11) is 0. The molecule has 0 N–H and O–H groups in total. The maximum Gasteiger partial charge on any atom is 0.161 e. The van der Waals surface area contributed by atoms with Gasteiger partial charge in [-0.25, -0.2) is 0 Å². The highest BCUT2D eigenvalue weighted by Crippen LogP contribution is 2.31. The zero-order chi connectivity index (χ0) is 7.68. The molecule has 11 heavy (non-hydrogen) atoms. The highest BCUT2D eigenvalue weighted by molar-refractivity contribution is 5.84. The van der Waals surface area contributed by atoms with E-state index in [1.54, 1.807) is 0 Å². The second-order valence-corrected chi connectivity index (χ2v) is 3.70. The minimum atomic E-state index is 0.325. The molecule has 2 aliphatic carbocycles. The van der Waals surface area contributed by atoms with Crippen molar-refractivity contribution >= 4 is 5.78 Å². The molecule has 0 bridgehead atoms. The maximum atomic E-state index is 11.1. The van der Waals surface area contributed by atoms with Gasteiger partial charge in [0.05, 0.1) is 0 Å². The first-order valence-corrected chi connectivity index (χ1v) is 4.46. The van der Waals surface area contributed by atoms with Crippen LogP contribution in [0.1, 0.15) is 25.7 Å². The molecule has 0 aromatic rings. The molecule has 0 spiro atoms. The molecule has 2 heteroatoms. The van der Waals surface area contributed by atoms with Gasteiger partial charge in [0.15, 0.2) is 5.78 Å². The van der Waals surface area contributed by atoms with E-state index in [2.05, 4.69) is 0 Å². The number of carbonyl (C=O) groups is 1. The molecule has 0 aliphatic heterocycles. The van der Waals surface area contributed by atoms with Crippen LogP contribution in [-0.2, 0) is 9.53 Å². The Morgan fingerprint density at radius 1 is 1.27 bits per heavy atom. The fourth-order valence-corrected chi connectivity index (χ4v) is 1.13. The van der Waals surface area contributed by atoms with Crippen LogP contribution in [0.25, 0.3) is 0 Å². The van der Waals surface area contributed by atoms with Crippen LogP contribution in [0.15, 0.2) is 0 Å². The van der Waals surface area contributed by atoms with Crippen molar-refractivity contribution in [3.05, 3.63) is 0 Å². The molecule has 0 unspecified atom stereocenters. The van der Waals surface area contributed by atoms with Crippen molar-refractivity contribution in [1.29, 1.82) is 0 Å². The normalized spacial score (nSPS) is 23.6. The monoisotopic (exact) mass is 154 g/mol. The summed E-state index contributed by atoms with van der Waals surface area (Å²) in [6.07, 6.45) is 4.81. The summed E-state index contributed by atoms with van der Waals surface area (Å²) in [6.45, 7) is 1.19. The van der Waals surface area contributed by atoms with Crippen molar-refractivity contribution in [2.24, 2.45) is 11.8 Å². The van der Waals surface area contributed by atoms with Gasteiger partial charge in [-0.2, -0.15) is 0 Å². The van der Waals surface area contributed by atoms with Gasteiger partial charge in [-0.05, 0) is 31.6 Å². The molecular weight excluding hydrogens is 140 g/mol. The van der Waals surface area contributed by atoms with Gasteiger partial charge >= 0.3 is 0 Å². The lowest BCUT2D eigenvalue weighted by atomic mass is 10.3. The van der Waals surface area contributed by atoms with Gasteiger partial charge in [0.1, 0.15) is 6.61 Å². The molecule has 0 atom stereocenters. The molecular formula is C9H14O2. The third-order valence-electron chi connectivity index (χ3n) is 2.33. The molecule has 2 saturated carbocycles. The quantitative estimate of drug-likeness (QED) is 0.598. The van der Waals surface area contributed by atoms with Crippen LogP contribution in [0.4, 0.5) is 0 Å². The van der Waals surface area contributed by atoms with Gasteiger partial charge in [0.25, 0.3) is 0 Å². The van der Waals surface area contributed by atoms with E-state index < -0.39 is 0 Å². The number of carbonyl (C=O) groups excluding carboxylic acids is 1. The largest absolute Gasteiger partial charge is 0.373 e. The SMILES string of the molecule is O=C(COCC1CC1)C1CC1. The second-order valence-electron chi connectivity index (χ2n) is 3.70. The predicted molar refractivity (Wildman–Crippen MR) is 41.3 cm³/mol. The number of hydrogen-bond donors (Lipinski definition) is 0. The van der Waals surface area contributed by atoms with Crippen LogP contribution in [0.5, 0.6) is 0 Å². The van der Waals surface area contributed by atoms with E-state index >= 15 is 0 Å². The standard InChI is InChI=1S/C9H14O2/c10-9(8-3-4-8)6-11-5-7-1-2-7/h7-8H,1-6H2. The first-order valence-electron chi connectivity index (χ1n) is 4.46. The lowest BCUT2D eigenvalue weighted by Gasteiger charge is -1.99. The number of ketones is 1. The Morgan fingerprint density at radius 2 is 2.00 bits per heavy atom. The Morgan fingerprint density at radius 3 is 2.55 bits per heavy atom. The number of rotatable bonds is 5. The lowest BCUT2D eigenvalue weighted by Crippen LogP contribution is -2.11. The lowest BCUT2D eigenvalue weighted by molar-refractivity contribution is -0.124. The number of hydrogen-bond acceptors (Lipinski definition) is 2. The Bertz CT molecular complexity index is 157. The molecule has 2 rings (SSSR count). The zero-order valence-electron chi connectivity index (χ0n) is 6.71. The molecule has 0 aromatic carbocycles. The molecule has 2 aliphatic rings. The zero-order valence-corrected chi connectivity index (χ0v) is 6.71. The molecule has 0 radical (unpaired) electrons. The van der Waals surface area contributed by atoms with Gasteiger partial charge in [0.2, 0.25) is 0 Å². The van der Waals surface area contributed by atoms with Crippen LogP contribution >= 0.6 is 0 Å². The van der Waals surface area contributed by atoms with Crippen LogP contribution in [0.3, 0.4) is 0 Å². The predicted octanol–water partition coefficient (Wildman–Crippen LogP) is 1.39. The number of Topliss-reactive ketones (excluding diaryl/α,β-unsaturated/α-hetero) is 1. The van der Waals surface area contributed by atoms with E-state index in [0.29, 0.717) is 18.3 Å². The smallest absolute Gasteiger partial charge is 0.161 e. The van der Waals surface area contributed by atoms with E-state index in [-0.39, 0.29) is 0 Å². The van der Waals surface area contributed by atoms with Crippen molar-refractivity contribution in [2.75, 3.05) is 13.2 Å². The number of ether oxygens (including phenoxy) is 1. The van der Waals surface area contributed by atoms with Crippen molar-refractivity contribution in [2.45, 2.75) is 25.7 Å². The highest BCUT2D eigenvalue weighted by atomic mass is 16.5. The highest BCUT2D eigenvalue weighted by Gasteiger charge is 2.29. The van der Waals surface area contributed by atoms with Crippen LogP contribution < -0.4 is 0 Å². The van der Waals surface area contributed by atoms with Crippen LogP contribution in [-0.4, -0.2) is 19.0 Å². The van der Waals surface area contributed by atoms with Crippen molar-refractivity contribution in [3.8, 4) is 0 Å². The molecule has 2 nitrogen and oxygen atoms in total. The first-order chi connectivity index (χ1) is 5.36. The summed E-state index contributed by atoms with van der Waals surface area (Å²) in [6, 6.07) is 0. The van der Waals surface area contributed by atoms with Crippen molar-refractivity contribution in [3.63, 3.8) is 0 Å². The Labute approximate surface area is 66.9 Å². The van der Waals surface area contributed by atoms with E-state index in [4.69, 9.17) is 4.74 Å². The summed E-state index contributed by atoms with van der Waals surface area (Å²) < 4.78 is 5.27. The topological polar surface area (TPSA) is 26.3 Å². The van der Waals surface area contributed by atoms with Gasteiger partial charge in [0, 0.05) is 12.5 Å². The molecule has 0 heterocycles. The van der Waals surface area contributed by atoms with Crippen LogP contribution in [0.2, 0.25) is 0 Å². The van der Waals surface area contributed by atoms with Gasteiger partial charge in [-0.1, -0.05) is 0 Å². The third-order valence-corrected chi connectivity index (χ3v) is 2.33. The van der Waals surface area contributed by atoms with Gasteiger partial charge < -0.3 is 4.74 Å². The summed E-state index contributed by atoms with van der Waals surface area (Å²) in [5.41, 5.74) is 0. The van der Waals surface area contributed by atoms with E-state index in [9.17, 15) is 4.79 Å².